The average molecular weight is 311 g/mol. The minimum absolute atomic E-state index is 0.232. The van der Waals surface area contributed by atoms with Gasteiger partial charge in [-0.05, 0) is 36.9 Å². The lowest BCUT2D eigenvalue weighted by molar-refractivity contribution is 0.236. The normalized spacial score (nSPS) is 15.5. The van der Waals surface area contributed by atoms with Crippen molar-refractivity contribution in [1.82, 2.24) is 0 Å². The van der Waals surface area contributed by atoms with Crippen LogP contribution in [0, 0.1) is 5.92 Å². The first kappa shape index (κ1) is 19.1. The molecule has 0 heterocycles. The molecule has 0 aromatic carbocycles. The highest BCUT2D eigenvalue weighted by atomic mass is 32.2. The van der Waals surface area contributed by atoms with E-state index in [9.17, 15) is 8.42 Å². The second-order valence-electron chi connectivity index (χ2n) is 6.82. The molecule has 6 heteroatoms. The Morgan fingerprint density at radius 3 is 2.00 bits per heavy atom. The maximum atomic E-state index is 10.8. The van der Waals surface area contributed by atoms with Crippen molar-refractivity contribution < 1.29 is 17.0 Å². The fourth-order valence-corrected chi connectivity index (χ4v) is 2.74. The second kappa shape index (κ2) is 7.20. The average Bonchev–Trinajstić information content (AvgIpc) is 2.13. The molecule has 116 valence electrons. The lowest BCUT2D eigenvalue weighted by Crippen LogP contribution is -2.41. The van der Waals surface area contributed by atoms with E-state index in [0.29, 0.717) is 5.92 Å². The zero-order chi connectivity index (χ0) is 15.3. The van der Waals surface area contributed by atoms with Gasteiger partial charge in [0.2, 0.25) is 0 Å². The largest absolute Gasteiger partial charge is 0.417 e. The van der Waals surface area contributed by atoms with Gasteiger partial charge in [0, 0.05) is 6.61 Å². The third-order valence-corrected chi connectivity index (χ3v) is 8.92. The predicted octanol–water partition coefficient (Wildman–Crippen LogP) is 3.40. The van der Waals surface area contributed by atoms with Crippen LogP contribution in [0.25, 0.3) is 0 Å². The van der Waals surface area contributed by atoms with Gasteiger partial charge in [0.1, 0.15) is 0 Å². The summed E-state index contributed by atoms with van der Waals surface area (Å²) in [5, 5.41) is 0.232. The second-order valence-corrected chi connectivity index (χ2v) is 13.3. The first-order valence-electron chi connectivity index (χ1n) is 6.83. The van der Waals surface area contributed by atoms with Crippen LogP contribution in [-0.4, -0.2) is 36.2 Å². The van der Waals surface area contributed by atoms with Gasteiger partial charge in [-0.2, -0.15) is 8.42 Å². The summed E-state index contributed by atoms with van der Waals surface area (Å²) in [6, 6.07) is 0. The zero-order valence-corrected chi connectivity index (χ0v) is 15.3. The van der Waals surface area contributed by atoms with Crippen LogP contribution in [0.3, 0.4) is 0 Å². The first-order valence-corrected chi connectivity index (χ1v) is 11.6. The molecule has 0 aliphatic carbocycles. The van der Waals surface area contributed by atoms with Crippen LogP contribution in [0.1, 0.15) is 40.5 Å². The number of hydrogen-bond donors (Lipinski definition) is 0. The highest BCUT2D eigenvalue weighted by Gasteiger charge is 2.36. The van der Waals surface area contributed by atoms with Crippen molar-refractivity contribution in [2.24, 2.45) is 5.92 Å². The molecule has 0 saturated carbocycles. The van der Waals surface area contributed by atoms with Gasteiger partial charge in [0.15, 0.2) is 8.32 Å². The first-order chi connectivity index (χ1) is 8.35. The van der Waals surface area contributed by atoms with E-state index >= 15 is 0 Å². The van der Waals surface area contributed by atoms with Gasteiger partial charge in [-0.25, -0.2) is 0 Å². The van der Waals surface area contributed by atoms with E-state index in [1.54, 1.807) is 0 Å². The molecule has 0 amide bonds. The minimum atomic E-state index is -3.31. The molecular formula is C13H30O4SSi. The van der Waals surface area contributed by atoms with Crippen LogP contribution in [0.4, 0.5) is 0 Å². The fraction of sp³-hybridized carbons (Fsp3) is 1.00. The molecule has 1 atom stereocenters. The lowest BCUT2D eigenvalue weighted by atomic mass is 10.1. The Balaban J connectivity index is 3.90. The Morgan fingerprint density at radius 2 is 1.58 bits per heavy atom. The Hall–Kier alpha value is 0.0869. The standard InChI is InChI=1S/C13H30O4SSi/c1-12(8-10-16-18(5,14)15)9-11-17-19(6,7)13(2,3)4/h12H,8-11H2,1-7H3/t12-/m0/s1. The van der Waals surface area contributed by atoms with E-state index in [4.69, 9.17) is 8.61 Å². The smallest absolute Gasteiger partial charge is 0.264 e. The summed E-state index contributed by atoms with van der Waals surface area (Å²) in [7, 11) is -4.97. The van der Waals surface area contributed by atoms with E-state index in [2.05, 4.69) is 40.8 Å². The van der Waals surface area contributed by atoms with Crippen LogP contribution < -0.4 is 0 Å². The summed E-state index contributed by atoms with van der Waals surface area (Å²) in [5.74, 6) is 0.409. The van der Waals surface area contributed by atoms with Gasteiger partial charge in [-0.15, -0.1) is 0 Å². The third kappa shape index (κ3) is 8.78. The van der Waals surface area contributed by atoms with E-state index in [1.807, 2.05) is 0 Å². The van der Waals surface area contributed by atoms with Crippen molar-refractivity contribution in [2.45, 2.75) is 58.7 Å². The number of hydrogen-bond acceptors (Lipinski definition) is 4. The molecule has 0 radical (unpaired) electrons. The molecular weight excluding hydrogens is 280 g/mol. The molecule has 0 rings (SSSR count). The van der Waals surface area contributed by atoms with Crippen LogP contribution in [0.2, 0.25) is 18.1 Å². The SMILES string of the molecule is C[C@H](CCO[Si](C)(C)C(C)(C)C)CCOS(C)(=O)=O. The molecule has 0 fully saturated rings. The quantitative estimate of drug-likeness (QED) is 0.509. The maximum absolute atomic E-state index is 10.8. The van der Waals surface area contributed by atoms with Crippen molar-refractivity contribution in [2.75, 3.05) is 19.5 Å². The monoisotopic (exact) mass is 310 g/mol. The molecule has 0 aliphatic heterocycles. The van der Waals surface area contributed by atoms with Gasteiger partial charge >= 0.3 is 0 Å². The molecule has 0 aromatic rings. The van der Waals surface area contributed by atoms with Crippen molar-refractivity contribution in [1.29, 1.82) is 0 Å². The summed E-state index contributed by atoms with van der Waals surface area (Å²) in [6.45, 7) is 14.3. The summed E-state index contributed by atoms with van der Waals surface area (Å²) in [6.07, 6.45) is 2.77. The van der Waals surface area contributed by atoms with Gasteiger partial charge in [-0.3, -0.25) is 4.18 Å². The lowest BCUT2D eigenvalue weighted by Gasteiger charge is -2.36. The Bertz CT molecular complexity index is 357. The van der Waals surface area contributed by atoms with Crippen molar-refractivity contribution in [3.63, 3.8) is 0 Å². The highest BCUT2D eigenvalue weighted by molar-refractivity contribution is 7.85. The summed E-state index contributed by atoms with van der Waals surface area (Å²) >= 11 is 0. The van der Waals surface area contributed by atoms with Crippen molar-refractivity contribution >= 4 is 18.4 Å². The Kier molecular flexibility index (Phi) is 7.23. The summed E-state index contributed by atoms with van der Waals surface area (Å²) in [5.41, 5.74) is 0. The molecule has 0 saturated heterocycles. The molecule has 0 spiro atoms. The highest BCUT2D eigenvalue weighted by Crippen LogP contribution is 2.36. The summed E-state index contributed by atoms with van der Waals surface area (Å²) in [4.78, 5) is 0. The van der Waals surface area contributed by atoms with Gasteiger partial charge < -0.3 is 4.43 Å². The Labute approximate surface area is 120 Å². The fourth-order valence-electron chi connectivity index (χ4n) is 1.28. The van der Waals surface area contributed by atoms with Crippen LogP contribution >= 0.6 is 0 Å². The summed E-state index contributed by atoms with van der Waals surface area (Å²) < 4.78 is 32.5. The topological polar surface area (TPSA) is 52.6 Å². The molecule has 4 nitrogen and oxygen atoms in total. The van der Waals surface area contributed by atoms with Crippen molar-refractivity contribution in [3.8, 4) is 0 Å². The Morgan fingerprint density at radius 1 is 1.11 bits per heavy atom. The molecule has 0 N–H and O–H groups in total. The molecule has 0 aliphatic rings. The van der Waals surface area contributed by atoms with Gasteiger partial charge in [0.25, 0.3) is 10.1 Å². The molecule has 19 heavy (non-hydrogen) atoms. The van der Waals surface area contributed by atoms with Crippen LogP contribution in [0.15, 0.2) is 0 Å². The van der Waals surface area contributed by atoms with E-state index < -0.39 is 18.4 Å². The van der Waals surface area contributed by atoms with E-state index in [1.165, 1.54) is 0 Å². The van der Waals surface area contributed by atoms with Crippen molar-refractivity contribution in [3.05, 3.63) is 0 Å². The molecule has 0 unspecified atom stereocenters. The zero-order valence-electron chi connectivity index (χ0n) is 13.4. The van der Waals surface area contributed by atoms with Crippen LogP contribution in [-0.2, 0) is 18.7 Å². The maximum Gasteiger partial charge on any atom is 0.264 e. The van der Waals surface area contributed by atoms with Gasteiger partial charge in [-0.1, -0.05) is 27.7 Å². The third-order valence-electron chi connectivity index (χ3n) is 3.79. The molecule has 0 bridgehead atoms. The van der Waals surface area contributed by atoms with E-state index in [-0.39, 0.29) is 11.6 Å². The minimum Gasteiger partial charge on any atom is -0.417 e. The molecule has 0 aromatic heterocycles. The van der Waals surface area contributed by atoms with Gasteiger partial charge in [0.05, 0.1) is 12.9 Å². The van der Waals surface area contributed by atoms with Crippen LogP contribution in [0.5, 0.6) is 0 Å². The number of rotatable bonds is 8. The predicted molar refractivity (Wildman–Crippen MR) is 82.3 cm³/mol. The van der Waals surface area contributed by atoms with E-state index in [0.717, 1.165) is 25.7 Å².